The van der Waals surface area contributed by atoms with Crippen molar-refractivity contribution in [2.75, 3.05) is 13.6 Å². The molecule has 4 rings (SSSR count). The van der Waals surface area contributed by atoms with Gasteiger partial charge in [-0.25, -0.2) is 9.67 Å². The van der Waals surface area contributed by atoms with Crippen LogP contribution in [0.2, 0.25) is 0 Å². The Morgan fingerprint density at radius 1 is 1.33 bits per heavy atom. The van der Waals surface area contributed by atoms with E-state index in [1.54, 1.807) is 10.9 Å². The zero-order valence-electron chi connectivity index (χ0n) is 17.7. The van der Waals surface area contributed by atoms with E-state index < -0.39 is 23.6 Å². The average molecular weight is 433 g/mol. The van der Waals surface area contributed by atoms with Crippen molar-refractivity contribution < 1.29 is 14.7 Å². The van der Waals surface area contributed by atoms with E-state index in [1.807, 2.05) is 20.8 Å². The molecule has 0 unspecified atom stereocenters. The molecular weight excluding hydrogens is 404 g/mol. The lowest BCUT2D eigenvalue weighted by Crippen LogP contribution is -2.49. The van der Waals surface area contributed by atoms with Gasteiger partial charge in [0.15, 0.2) is 0 Å². The number of hydrogen-bond acceptors (Lipinski definition) is 7. The molecule has 1 aliphatic heterocycles. The topological polar surface area (TPSA) is 113 Å². The summed E-state index contributed by atoms with van der Waals surface area (Å²) in [5.74, 6) is 0.0429. The molecule has 0 aromatic carbocycles. The number of nitrogens with zero attached hydrogens (tertiary/aromatic N) is 5. The van der Waals surface area contributed by atoms with Crippen molar-refractivity contribution in [3.63, 3.8) is 0 Å². The molecule has 9 nitrogen and oxygen atoms in total. The van der Waals surface area contributed by atoms with Crippen LogP contribution in [0, 0.1) is 5.41 Å². The minimum absolute atomic E-state index is 0.127. The maximum atomic E-state index is 13.5. The number of likely N-dealkylation sites (tertiary alicyclic amines) is 1. The number of hydrogen-bond donors (Lipinski definition) is 2. The summed E-state index contributed by atoms with van der Waals surface area (Å²) >= 11 is 1.54. The van der Waals surface area contributed by atoms with E-state index in [4.69, 9.17) is 0 Å². The number of carbonyl (C=O) groups is 2. The van der Waals surface area contributed by atoms with Crippen LogP contribution in [-0.2, 0) is 9.59 Å². The third-order valence-corrected chi connectivity index (χ3v) is 6.56. The van der Waals surface area contributed by atoms with E-state index in [0.717, 1.165) is 10.7 Å². The van der Waals surface area contributed by atoms with Crippen molar-refractivity contribution in [1.82, 2.24) is 30.2 Å². The van der Waals surface area contributed by atoms with Crippen molar-refractivity contribution in [2.24, 2.45) is 5.41 Å². The van der Waals surface area contributed by atoms with Gasteiger partial charge in [-0.2, -0.15) is 0 Å². The molecule has 2 fully saturated rings. The number of aliphatic hydroxyl groups is 1. The summed E-state index contributed by atoms with van der Waals surface area (Å²) in [5, 5.41) is 24.1. The Morgan fingerprint density at radius 3 is 2.70 bits per heavy atom. The van der Waals surface area contributed by atoms with E-state index in [2.05, 4.69) is 26.0 Å². The summed E-state index contributed by atoms with van der Waals surface area (Å²) in [6.07, 6.45) is 3.63. The van der Waals surface area contributed by atoms with Crippen LogP contribution in [0.15, 0.2) is 11.6 Å². The summed E-state index contributed by atoms with van der Waals surface area (Å²) in [5.41, 5.74) is 1.26. The Labute approximate surface area is 179 Å². The Hall–Kier alpha value is -2.33. The van der Waals surface area contributed by atoms with Gasteiger partial charge in [-0.15, -0.1) is 16.4 Å². The maximum absolute atomic E-state index is 13.5. The molecule has 0 spiro atoms. The number of rotatable bonds is 5. The van der Waals surface area contributed by atoms with E-state index >= 15 is 0 Å². The zero-order valence-corrected chi connectivity index (χ0v) is 18.5. The van der Waals surface area contributed by atoms with Gasteiger partial charge < -0.3 is 15.3 Å². The number of nitrogens with one attached hydrogen (secondary N) is 1. The van der Waals surface area contributed by atoms with Crippen molar-refractivity contribution in [3.05, 3.63) is 17.3 Å². The average Bonchev–Trinajstić information content (AvgIpc) is 3.08. The van der Waals surface area contributed by atoms with Crippen LogP contribution in [0.25, 0.3) is 10.7 Å². The first-order valence-corrected chi connectivity index (χ1v) is 11.1. The fourth-order valence-electron chi connectivity index (χ4n) is 3.98. The predicted molar refractivity (Wildman–Crippen MR) is 112 cm³/mol. The smallest absolute Gasteiger partial charge is 0.248 e. The molecule has 162 valence electrons. The lowest BCUT2D eigenvalue weighted by Gasteiger charge is -2.34. The van der Waals surface area contributed by atoms with Crippen molar-refractivity contribution in [3.8, 4) is 10.7 Å². The fraction of sp³-hybridized carbons (Fsp3) is 0.650. The van der Waals surface area contributed by atoms with Gasteiger partial charge in [-0.05, 0) is 18.3 Å². The quantitative estimate of drug-likeness (QED) is 0.742. The molecule has 2 aliphatic rings. The Kier molecular flexibility index (Phi) is 5.39. The van der Waals surface area contributed by atoms with Gasteiger partial charge in [0, 0.05) is 31.3 Å². The molecule has 10 heteroatoms. The third kappa shape index (κ3) is 3.98. The second-order valence-electron chi connectivity index (χ2n) is 9.21. The second kappa shape index (κ2) is 7.73. The van der Waals surface area contributed by atoms with Gasteiger partial charge in [0.2, 0.25) is 11.8 Å². The first-order valence-electron chi connectivity index (χ1n) is 10.3. The minimum atomic E-state index is -0.723. The summed E-state index contributed by atoms with van der Waals surface area (Å²) in [6, 6.07) is -1.36. The van der Waals surface area contributed by atoms with Crippen molar-refractivity contribution in [1.29, 1.82) is 0 Å². The summed E-state index contributed by atoms with van der Waals surface area (Å²) < 4.78 is 1.57. The Morgan fingerprint density at radius 2 is 2.07 bits per heavy atom. The molecule has 1 aliphatic carbocycles. The van der Waals surface area contributed by atoms with Crippen LogP contribution in [0.3, 0.4) is 0 Å². The number of thiazole rings is 1. The number of amides is 2. The number of aliphatic hydroxyl groups excluding tert-OH is 1. The lowest BCUT2D eigenvalue weighted by atomic mass is 9.85. The number of likely N-dealkylation sites (N-methyl/N-ethyl adjacent to an activating group) is 1. The molecular formula is C20H28N6O3S. The van der Waals surface area contributed by atoms with Gasteiger partial charge in [-0.3, -0.25) is 9.59 Å². The molecule has 1 saturated heterocycles. The Balaban J connectivity index is 1.62. The van der Waals surface area contributed by atoms with Crippen LogP contribution in [0.4, 0.5) is 0 Å². The van der Waals surface area contributed by atoms with E-state index in [-0.39, 0.29) is 24.8 Å². The molecule has 30 heavy (non-hydrogen) atoms. The number of carbonyl (C=O) groups excluding carboxylic acids is 2. The monoisotopic (exact) mass is 432 g/mol. The van der Waals surface area contributed by atoms with Gasteiger partial charge in [0.25, 0.3) is 0 Å². The first-order chi connectivity index (χ1) is 14.2. The van der Waals surface area contributed by atoms with Gasteiger partial charge >= 0.3 is 0 Å². The molecule has 3 heterocycles. The lowest BCUT2D eigenvalue weighted by molar-refractivity contribution is -0.144. The van der Waals surface area contributed by atoms with Gasteiger partial charge in [0.1, 0.15) is 22.8 Å². The van der Waals surface area contributed by atoms with Gasteiger partial charge in [0.05, 0.1) is 18.0 Å². The van der Waals surface area contributed by atoms with Crippen molar-refractivity contribution in [2.45, 2.75) is 64.1 Å². The number of aromatic nitrogens is 4. The van der Waals surface area contributed by atoms with Gasteiger partial charge in [-0.1, -0.05) is 26.0 Å². The van der Waals surface area contributed by atoms with Crippen molar-refractivity contribution >= 4 is 23.2 Å². The molecule has 0 bridgehead atoms. The highest BCUT2D eigenvalue weighted by molar-refractivity contribution is 7.13. The van der Waals surface area contributed by atoms with E-state index in [0.29, 0.717) is 11.6 Å². The highest BCUT2D eigenvalue weighted by Crippen LogP contribution is 2.41. The largest absolute Gasteiger partial charge is 0.391 e. The first kappa shape index (κ1) is 20.9. The van der Waals surface area contributed by atoms with Crippen LogP contribution in [0.1, 0.15) is 57.7 Å². The summed E-state index contributed by atoms with van der Waals surface area (Å²) in [6.45, 7) is 5.98. The number of β-amino-alcohol motifs (C(OH)–C–C–N with tert-alkyl or cyclic N) is 1. The molecule has 2 amide bonds. The molecule has 1 saturated carbocycles. The highest BCUT2D eigenvalue weighted by Gasteiger charge is 2.45. The molecule has 0 radical (unpaired) electrons. The predicted octanol–water partition coefficient (Wildman–Crippen LogP) is 1.57. The zero-order chi connectivity index (χ0) is 21.6. The molecule has 3 atom stereocenters. The molecule has 2 aromatic rings. The standard InChI is InChI=1S/C20H28N6O3S/c1-20(2,3)16(19(29)25-8-12(27)7-15(25)17(28)21-4)26-9-13(23-24-26)18-22-14(10-30-18)11-5-6-11/h9-12,15-16,27H,5-8H2,1-4H3,(H,21,28)/t12-,15+,16-/m1/s1. The van der Waals surface area contributed by atoms with Crippen LogP contribution < -0.4 is 5.32 Å². The third-order valence-electron chi connectivity index (χ3n) is 5.68. The molecule has 2 N–H and O–H groups in total. The Bertz CT molecular complexity index is 944. The normalized spacial score (nSPS) is 22.9. The maximum Gasteiger partial charge on any atom is 0.248 e. The van der Waals surface area contributed by atoms with E-state index in [9.17, 15) is 14.7 Å². The SMILES string of the molecule is CNC(=O)[C@@H]1C[C@@H](O)CN1C(=O)[C@@H](n1cc(-c2nc(C3CC3)cs2)nn1)C(C)(C)C. The minimum Gasteiger partial charge on any atom is -0.391 e. The highest BCUT2D eigenvalue weighted by atomic mass is 32.1. The fourth-order valence-corrected chi connectivity index (χ4v) is 4.83. The molecule has 2 aromatic heterocycles. The van der Waals surface area contributed by atoms with Crippen LogP contribution in [-0.4, -0.2) is 67.5 Å². The van der Waals surface area contributed by atoms with Crippen LogP contribution in [0.5, 0.6) is 0 Å². The second-order valence-corrected chi connectivity index (χ2v) is 10.1. The van der Waals surface area contributed by atoms with Crippen LogP contribution >= 0.6 is 11.3 Å². The summed E-state index contributed by atoms with van der Waals surface area (Å²) in [4.78, 5) is 32.0. The van der Waals surface area contributed by atoms with E-state index in [1.165, 1.54) is 36.1 Å². The summed E-state index contributed by atoms with van der Waals surface area (Å²) in [7, 11) is 1.53.